The lowest BCUT2D eigenvalue weighted by atomic mass is 9.98. The zero-order chi connectivity index (χ0) is 19.4. The van der Waals surface area contributed by atoms with Crippen LogP contribution in [-0.2, 0) is 14.8 Å². The number of carbonyl (C=O) groups is 2. The van der Waals surface area contributed by atoms with Gasteiger partial charge in [0.15, 0.2) is 0 Å². The Morgan fingerprint density at radius 2 is 1.89 bits per heavy atom. The molecule has 144 valence electrons. The molecule has 1 saturated heterocycles. The summed E-state index contributed by atoms with van der Waals surface area (Å²) in [7, 11) is -3.57. The van der Waals surface area contributed by atoms with Crippen molar-refractivity contribution in [2.75, 3.05) is 23.7 Å². The Bertz CT molecular complexity index is 928. The number of benzene rings is 1. The normalized spacial score (nSPS) is 18.0. The van der Waals surface area contributed by atoms with Gasteiger partial charge in [0.05, 0.1) is 5.92 Å². The van der Waals surface area contributed by atoms with Gasteiger partial charge in [0.25, 0.3) is 10.0 Å². The topological polar surface area (TPSA) is 122 Å². The number of sulfonamides is 1. The summed E-state index contributed by atoms with van der Waals surface area (Å²) in [4.78, 5) is 23.6. The predicted molar refractivity (Wildman–Crippen MR) is 104 cm³/mol. The maximum atomic E-state index is 12.7. The second kappa shape index (κ2) is 8.07. The number of hydrogen-bond donors (Lipinski definition) is 3. The number of nitrogens with two attached hydrogens (primary N) is 1. The van der Waals surface area contributed by atoms with Gasteiger partial charge >= 0.3 is 6.03 Å². The molecule has 3 amide bonds. The number of thiophene rings is 1. The van der Waals surface area contributed by atoms with E-state index >= 15 is 0 Å². The van der Waals surface area contributed by atoms with E-state index in [0.29, 0.717) is 30.8 Å². The van der Waals surface area contributed by atoms with Gasteiger partial charge in [-0.25, -0.2) is 13.2 Å². The number of rotatable bonds is 5. The molecule has 1 aromatic carbocycles. The molecule has 8 nitrogen and oxygen atoms in total. The molecule has 2 aromatic rings. The van der Waals surface area contributed by atoms with Crippen molar-refractivity contribution in [1.29, 1.82) is 0 Å². The summed E-state index contributed by atoms with van der Waals surface area (Å²) in [5, 5.41) is 6.94. The Morgan fingerprint density at radius 3 is 2.56 bits per heavy atom. The fraction of sp³-hybridized carbons (Fsp3) is 0.294. The molecule has 1 aliphatic heterocycles. The molecular formula is C17H20N4O4S2. The first-order valence-corrected chi connectivity index (χ1v) is 10.7. The van der Waals surface area contributed by atoms with Crippen molar-refractivity contribution in [3.8, 4) is 0 Å². The van der Waals surface area contributed by atoms with E-state index in [9.17, 15) is 18.0 Å². The number of anilines is 2. The van der Waals surface area contributed by atoms with Crippen LogP contribution in [0.15, 0.2) is 46.0 Å². The van der Waals surface area contributed by atoms with Gasteiger partial charge in [-0.05, 0) is 42.5 Å². The Hall–Kier alpha value is -2.43. The smallest absolute Gasteiger partial charge is 0.316 e. The fourth-order valence-electron chi connectivity index (χ4n) is 2.97. The molecule has 0 saturated carbocycles. The molecule has 27 heavy (non-hydrogen) atoms. The molecule has 1 fully saturated rings. The van der Waals surface area contributed by atoms with Crippen LogP contribution in [0.5, 0.6) is 0 Å². The second-order valence-electron chi connectivity index (χ2n) is 6.19. The molecule has 0 aliphatic carbocycles. The highest BCUT2D eigenvalue weighted by atomic mass is 32.2. The lowest BCUT2D eigenvalue weighted by molar-refractivity contribution is -0.120. The molecule has 4 N–H and O–H groups in total. The van der Waals surface area contributed by atoms with Crippen molar-refractivity contribution in [3.63, 3.8) is 0 Å². The SMILES string of the molecule is NC(=O)Nc1cccc(NC(=O)C2CCCN(S(=O)(=O)c3cccs3)C2)c1. The van der Waals surface area contributed by atoms with Crippen molar-refractivity contribution < 1.29 is 18.0 Å². The first-order valence-electron chi connectivity index (χ1n) is 8.37. The first kappa shape index (κ1) is 19.3. The molecule has 10 heteroatoms. The van der Waals surface area contributed by atoms with Crippen LogP contribution >= 0.6 is 11.3 Å². The van der Waals surface area contributed by atoms with E-state index in [2.05, 4.69) is 10.6 Å². The number of piperidine rings is 1. The van der Waals surface area contributed by atoms with Crippen LogP contribution in [0.4, 0.5) is 16.2 Å². The minimum atomic E-state index is -3.57. The molecule has 3 rings (SSSR count). The van der Waals surface area contributed by atoms with Gasteiger partial charge in [0.2, 0.25) is 5.91 Å². The zero-order valence-corrected chi connectivity index (χ0v) is 16.1. The standard InChI is InChI=1S/C17H20N4O4S2/c18-17(23)20-14-6-1-5-13(10-14)19-16(22)12-4-2-8-21(11-12)27(24,25)15-7-3-9-26-15/h1,3,5-7,9-10,12H,2,4,8,11H2,(H,19,22)(H3,18,20,23). The monoisotopic (exact) mass is 408 g/mol. The number of urea groups is 1. The number of amides is 3. The Balaban J connectivity index is 1.68. The number of hydrogen-bond acceptors (Lipinski definition) is 5. The summed E-state index contributed by atoms with van der Waals surface area (Å²) >= 11 is 1.17. The highest BCUT2D eigenvalue weighted by Gasteiger charge is 2.33. The van der Waals surface area contributed by atoms with Crippen LogP contribution in [-0.4, -0.2) is 37.8 Å². The fourth-order valence-corrected chi connectivity index (χ4v) is 5.64. The molecule has 0 bridgehead atoms. The molecule has 0 spiro atoms. The molecule has 0 radical (unpaired) electrons. The quantitative estimate of drug-likeness (QED) is 0.702. The molecule has 1 atom stereocenters. The van der Waals surface area contributed by atoms with Gasteiger partial charge in [-0.1, -0.05) is 12.1 Å². The highest BCUT2D eigenvalue weighted by Crippen LogP contribution is 2.27. The zero-order valence-electron chi connectivity index (χ0n) is 14.4. The third-order valence-electron chi connectivity index (χ3n) is 4.24. The third-order valence-corrected chi connectivity index (χ3v) is 7.48. The number of nitrogens with zero attached hydrogens (tertiary/aromatic N) is 1. The number of primary amides is 1. The van der Waals surface area contributed by atoms with Crippen LogP contribution in [0, 0.1) is 5.92 Å². The van der Waals surface area contributed by atoms with Crippen LogP contribution in [0.1, 0.15) is 12.8 Å². The van der Waals surface area contributed by atoms with E-state index < -0.39 is 22.0 Å². The summed E-state index contributed by atoms with van der Waals surface area (Å²) in [6, 6.07) is 9.17. The van der Waals surface area contributed by atoms with Crippen LogP contribution in [0.3, 0.4) is 0 Å². The Labute approximate surface area is 161 Å². The van der Waals surface area contributed by atoms with E-state index in [1.54, 1.807) is 41.8 Å². The van der Waals surface area contributed by atoms with Crippen molar-refractivity contribution in [2.45, 2.75) is 17.1 Å². The Morgan fingerprint density at radius 1 is 1.15 bits per heavy atom. The highest BCUT2D eigenvalue weighted by molar-refractivity contribution is 7.91. The maximum Gasteiger partial charge on any atom is 0.316 e. The second-order valence-corrected chi connectivity index (χ2v) is 9.31. The van der Waals surface area contributed by atoms with Gasteiger partial charge in [-0.3, -0.25) is 4.79 Å². The van der Waals surface area contributed by atoms with E-state index in [0.717, 1.165) is 0 Å². The van der Waals surface area contributed by atoms with Crippen LogP contribution < -0.4 is 16.4 Å². The number of nitrogens with one attached hydrogen (secondary N) is 2. The van der Waals surface area contributed by atoms with Crippen LogP contribution in [0.2, 0.25) is 0 Å². The van der Waals surface area contributed by atoms with E-state index in [4.69, 9.17) is 5.73 Å². The maximum absolute atomic E-state index is 12.7. The van der Waals surface area contributed by atoms with Gasteiger partial charge in [-0.2, -0.15) is 4.31 Å². The lowest BCUT2D eigenvalue weighted by Gasteiger charge is -2.30. The van der Waals surface area contributed by atoms with E-state index in [-0.39, 0.29) is 16.7 Å². The van der Waals surface area contributed by atoms with E-state index in [1.807, 2.05) is 0 Å². The summed E-state index contributed by atoms with van der Waals surface area (Å²) in [5.41, 5.74) is 6.06. The Kier molecular flexibility index (Phi) is 5.78. The molecule has 2 heterocycles. The summed E-state index contributed by atoms with van der Waals surface area (Å²) in [5.74, 6) is -0.696. The first-order chi connectivity index (χ1) is 12.9. The molecular weight excluding hydrogens is 388 g/mol. The van der Waals surface area contributed by atoms with Crippen molar-refractivity contribution in [1.82, 2.24) is 4.31 Å². The average molecular weight is 409 g/mol. The summed E-state index contributed by atoms with van der Waals surface area (Å²) in [6.45, 7) is 0.549. The van der Waals surface area contributed by atoms with Crippen molar-refractivity contribution in [3.05, 3.63) is 41.8 Å². The largest absolute Gasteiger partial charge is 0.351 e. The predicted octanol–water partition coefficient (Wildman–Crippen LogP) is 2.28. The van der Waals surface area contributed by atoms with Gasteiger partial charge < -0.3 is 16.4 Å². The van der Waals surface area contributed by atoms with Crippen molar-refractivity contribution >= 4 is 44.7 Å². The minimum Gasteiger partial charge on any atom is -0.351 e. The van der Waals surface area contributed by atoms with Gasteiger partial charge in [0.1, 0.15) is 4.21 Å². The molecule has 1 aromatic heterocycles. The third kappa shape index (κ3) is 4.65. The molecule has 1 aliphatic rings. The summed E-state index contributed by atoms with van der Waals surface area (Å²) < 4.78 is 27.0. The lowest BCUT2D eigenvalue weighted by Crippen LogP contribution is -2.43. The number of carbonyl (C=O) groups excluding carboxylic acids is 2. The minimum absolute atomic E-state index is 0.144. The summed E-state index contributed by atoms with van der Waals surface area (Å²) in [6.07, 6.45) is 1.23. The van der Waals surface area contributed by atoms with Gasteiger partial charge in [0, 0.05) is 24.5 Å². The van der Waals surface area contributed by atoms with Gasteiger partial charge in [-0.15, -0.1) is 11.3 Å². The molecule has 1 unspecified atom stereocenters. The average Bonchev–Trinajstić information content (AvgIpc) is 3.17. The van der Waals surface area contributed by atoms with Crippen LogP contribution in [0.25, 0.3) is 0 Å². The van der Waals surface area contributed by atoms with E-state index in [1.165, 1.54) is 15.6 Å². The van der Waals surface area contributed by atoms with Crippen molar-refractivity contribution in [2.24, 2.45) is 11.7 Å².